The van der Waals surface area contributed by atoms with Gasteiger partial charge in [-0.3, -0.25) is 0 Å². The van der Waals surface area contributed by atoms with Gasteiger partial charge in [0.05, 0.1) is 28.0 Å². The Bertz CT molecular complexity index is 3890. The first-order valence-electron chi connectivity index (χ1n) is 22.0. The molecule has 0 N–H and O–H groups in total. The van der Waals surface area contributed by atoms with Gasteiger partial charge < -0.3 is 4.74 Å². The van der Waals surface area contributed by atoms with Crippen molar-refractivity contribution in [2.75, 3.05) is 0 Å². The number of aromatic nitrogens is 3. The highest BCUT2D eigenvalue weighted by atomic mass is 32.1. The number of rotatable bonds is 4. The van der Waals surface area contributed by atoms with Gasteiger partial charge in [0.2, 0.25) is 0 Å². The smallest absolute Gasteiger partial charge is 0.160 e. The van der Waals surface area contributed by atoms with Gasteiger partial charge in [0.1, 0.15) is 11.5 Å². The summed E-state index contributed by atoms with van der Waals surface area (Å²) in [7, 11) is 0. The van der Waals surface area contributed by atoms with Crippen LogP contribution in [0.15, 0.2) is 212 Å². The van der Waals surface area contributed by atoms with Crippen molar-refractivity contribution in [3.63, 3.8) is 0 Å². The monoisotopic (exact) mass is 845 g/mol. The molecule has 0 radical (unpaired) electrons. The van der Waals surface area contributed by atoms with Gasteiger partial charge in [-0.25, -0.2) is 15.0 Å². The highest BCUT2D eigenvalue weighted by Gasteiger charge is 2.51. The Balaban J connectivity index is 1.08. The van der Waals surface area contributed by atoms with Gasteiger partial charge in [0.15, 0.2) is 5.82 Å². The molecule has 0 unspecified atom stereocenters. The van der Waals surface area contributed by atoms with Crippen molar-refractivity contribution in [2.45, 2.75) is 5.41 Å². The van der Waals surface area contributed by atoms with E-state index in [4.69, 9.17) is 19.7 Å². The molecule has 1 aliphatic heterocycles. The van der Waals surface area contributed by atoms with E-state index in [2.05, 4.69) is 206 Å². The lowest BCUT2D eigenvalue weighted by molar-refractivity contribution is 0.436. The van der Waals surface area contributed by atoms with Crippen LogP contribution in [0.25, 0.3) is 98.1 Å². The fraction of sp³-hybridized carbons (Fsp3) is 0.0167. The number of fused-ring (bicyclic) bond motifs is 16. The molecule has 9 aromatic carbocycles. The molecule has 14 rings (SSSR count). The summed E-state index contributed by atoms with van der Waals surface area (Å²) in [4.78, 5) is 16.2. The molecular formula is C60H35N3OS. The zero-order chi connectivity index (χ0) is 42.6. The second kappa shape index (κ2) is 13.9. The van der Waals surface area contributed by atoms with E-state index in [9.17, 15) is 0 Å². The van der Waals surface area contributed by atoms with Crippen molar-refractivity contribution >= 4 is 53.2 Å². The Hall–Kier alpha value is -8.25. The van der Waals surface area contributed by atoms with Gasteiger partial charge in [-0.2, -0.15) is 0 Å². The van der Waals surface area contributed by atoms with E-state index >= 15 is 0 Å². The Morgan fingerprint density at radius 3 is 1.85 bits per heavy atom. The molecule has 0 amide bonds. The molecule has 4 nitrogen and oxygen atoms in total. The van der Waals surface area contributed by atoms with Crippen LogP contribution >= 0.6 is 11.3 Å². The normalized spacial score (nSPS) is 13.2. The van der Waals surface area contributed by atoms with Crippen LogP contribution in [0.2, 0.25) is 0 Å². The molecule has 302 valence electrons. The van der Waals surface area contributed by atoms with Gasteiger partial charge >= 0.3 is 0 Å². The number of para-hydroxylation sites is 2. The van der Waals surface area contributed by atoms with E-state index in [1.54, 1.807) is 0 Å². The van der Waals surface area contributed by atoms with Crippen LogP contribution in [-0.2, 0) is 5.41 Å². The molecule has 0 saturated carbocycles. The van der Waals surface area contributed by atoms with Gasteiger partial charge in [0, 0.05) is 69.7 Å². The first kappa shape index (κ1) is 36.3. The zero-order valence-corrected chi connectivity index (χ0v) is 35.7. The van der Waals surface area contributed by atoms with Crippen LogP contribution in [0.5, 0.6) is 11.5 Å². The number of hydrogen-bond donors (Lipinski definition) is 0. The molecule has 0 fully saturated rings. The molecule has 0 bridgehead atoms. The van der Waals surface area contributed by atoms with Gasteiger partial charge in [0.25, 0.3) is 0 Å². The molecule has 12 aromatic rings. The van der Waals surface area contributed by atoms with Crippen LogP contribution in [0.3, 0.4) is 0 Å². The van der Waals surface area contributed by atoms with Crippen molar-refractivity contribution in [3.05, 3.63) is 235 Å². The van der Waals surface area contributed by atoms with Gasteiger partial charge in [-0.15, -0.1) is 11.3 Å². The average molecular weight is 846 g/mol. The molecule has 0 atom stereocenters. The highest BCUT2D eigenvalue weighted by Crippen LogP contribution is 2.63. The van der Waals surface area contributed by atoms with E-state index in [0.717, 1.165) is 78.3 Å². The number of thiophene rings is 1. The summed E-state index contributed by atoms with van der Waals surface area (Å²) < 4.78 is 9.18. The van der Waals surface area contributed by atoms with Crippen LogP contribution in [-0.4, -0.2) is 15.0 Å². The predicted molar refractivity (Wildman–Crippen MR) is 267 cm³/mol. The van der Waals surface area contributed by atoms with E-state index in [1.807, 2.05) is 17.4 Å². The molecule has 5 heteroatoms. The Morgan fingerprint density at radius 2 is 1.05 bits per heavy atom. The lowest BCUT2D eigenvalue weighted by Gasteiger charge is -2.39. The molecule has 2 aliphatic rings. The zero-order valence-electron chi connectivity index (χ0n) is 34.9. The topological polar surface area (TPSA) is 47.9 Å². The minimum Gasteiger partial charge on any atom is -0.457 e. The summed E-state index contributed by atoms with van der Waals surface area (Å²) in [5.41, 5.74) is 14.4. The average Bonchev–Trinajstić information content (AvgIpc) is 3.90. The quantitative estimate of drug-likeness (QED) is 0.166. The SMILES string of the molecule is c1ccc(-c2nc(-c3ccc4nc(-c5ccccc5)c5ccc6c(c5c4c3)-c3ccccc3C63c4ccccc4Oc4ccccc43)cc(-c3cccc4c3sc3ccccc34)n2)cc1. The molecule has 65 heavy (non-hydrogen) atoms. The lowest BCUT2D eigenvalue weighted by Crippen LogP contribution is -2.32. The Labute approximate surface area is 378 Å². The van der Waals surface area contributed by atoms with Crippen molar-refractivity contribution in [2.24, 2.45) is 0 Å². The molecule has 4 heterocycles. The molecule has 3 aromatic heterocycles. The molecular weight excluding hydrogens is 811 g/mol. The van der Waals surface area contributed by atoms with E-state index in [0.29, 0.717) is 5.82 Å². The third-order valence-corrected chi connectivity index (χ3v) is 14.8. The number of nitrogens with zero attached hydrogens (tertiary/aromatic N) is 3. The van der Waals surface area contributed by atoms with Crippen LogP contribution in [0, 0.1) is 0 Å². The van der Waals surface area contributed by atoms with E-state index in [-0.39, 0.29) is 0 Å². The minimum atomic E-state index is -0.606. The lowest BCUT2D eigenvalue weighted by atomic mass is 9.66. The molecule has 1 spiro atoms. The summed E-state index contributed by atoms with van der Waals surface area (Å²) in [6.45, 7) is 0. The maximum Gasteiger partial charge on any atom is 0.160 e. The van der Waals surface area contributed by atoms with E-state index in [1.165, 1.54) is 47.8 Å². The summed E-state index contributed by atoms with van der Waals surface area (Å²) in [6, 6.07) is 75.8. The number of hydrogen-bond acceptors (Lipinski definition) is 5. The Kier molecular flexibility index (Phi) is 7.74. The second-order valence-electron chi connectivity index (χ2n) is 17.0. The summed E-state index contributed by atoms with van der Waals surface area (Å²) >= 11 is 1.82. The summed E-state index contributed by atoms with van der Waals surface area (Å²) in [6.07, 6.45) is 0. The fourth-order valence-electron chi connectivity index (χ4n) is 10.8. The van der Waals surface area contributed by atoms with Crippen LogP contribution in [0.1, 0.15) is 22.3 Å². The van der Waals surface area contributed by atoms with Gasteiger partial charge in [-0.1, -0.05) is 176 Å². The molecule has 1 aliphatic carbocycles. The fourth-order valence-corrected chi connectivity index (χ4v) is 12.0. The number of benzene rings is 9. The highest BCUT2D eigenvalue weighted by molar-refractivity contribution is 7.26. The van der Waals surface area contributed by atoms with E-state index < -0.39 is 5.41 Å². The number of pyridine rings is 1. The van der Waals surface area contributed by atoms with Crippen LogP contribution < -0.4 is 4.74 Å². The summed E-state index contributed by atoms with van der Waals surface area (Å²) in [5.74, 6) is 2.44. The minimum absolute atomic E-state index is 0.606. The molecule has 0 saturated heterocycles. The van der Waals surface area contributed by atoms with Crippen molar-refractivity contribution < 1.29 is 4.74 Å². The first-order valence-corrected chi connectivity index (χ1v) is 22.8. The van der Waals surface area contributed by atoms with Crippen molar-refractivity contribution in [3.8, 4) is 67.8 Å². The van der Waals surface area contributed by atoms with Gasteiger partial charge in [-0.05, 0) is 58.7 Å². The Morgan fingerprint density at radius 1 is 0.400 bits per heavy atom. The second-order valence-corrected chi connectivity index (χ2v) is 18.0. The van der Waals surface area contributed by atoms with Crippen molar-refractivity contribution in [1.29, 1.82) is 0 Å². The largest absolute Gasteiger partial charge is 0.457 e. The maximum atomic E-state index is 6.69. The number of ether oxygens (including phenoxy) is 1. The standard InChI is InChI=1S/C60H35N3OS/c1-3-16-36(17-4-1)57-43-31-32-48-56(41-21-7-9-24-45(41)60(48)46-25-10-12-27-52(46)64-53-28-13-11-26-47(53)60)55(43)44-34-38(30-33-49(44)61-57)50-35-51(63-59(62-50)37-18-5-2-6-19-37)42-23-15-22-40-39-20-8-14-29-54(39)65-58(40)42/h1-35H. The predicted octanol–water partition coefficient (Wildman–Crippen LogP) is 15.7. The van der Waals surface area contributed by atoms with Crippen LogP contribution in [0.4, 0.5) is 0 Å². The van der Waals surface area contributed by atoms with Crippen molar-refractivity contribution in [1.82, 2.24) is 15.0 Å². The first-order chi connectivity index (χ1) is 32.2. The maximum absolute atomic E-state index is 6.69. The summed E-state index contributed by atoms with van der Waals surface area (Å²) in [5, 5.41) is 5.85. The third kappa shape index (κ3) is 5.21. The third-order valence-electron chi connectivity index (χ3n) is 13.5.